The molecule has 0 bridgehead atoms. The molecule has 3 atom stereocenters. The number of benzene rings is 1. The third-order valence-electron chi connectivity index (χ3n) is 4.27. The van der Waals surface area contributed by atoms with E-state index in [1.54, 1.807) is 12.1 Å². The average molecular weight is 272 g/mol. The van der Waals surface area contributed by atoms with E-state index in [9.17, 15) is 10.1 Å². The third kappa shape index (κ3) is 2.62. The van der Waals surface area contributed by atoms with Crippen LogP contribution in [0.1, 0.15) is 43.1 Å². The highest BCUT2D eigenvalue weighted by Gasteiger charge is 2.30. The monoisotopic (exact) mass is 272 g/mol. The second-order valence-corrected chi connectivity index (χ2v) is 5.86. The van der Waals surface area contributed by atoms with Crippen LogP contribution in [-0.2, 0) is 0 Å². The number of nitriles is 1. The van der Waals surface area contributed by atoms with Crippen molar-refractivity contribution < 1.29 is 9.90 Å². The summed E-state index contributed by atoms with van der Waals surface area (Å²) in [6, 6.07) is 7.30. The van der Waals surface area contributed by atoms with Gasteiger partial charge in [0.05, 0.1) is 16.8 Å². The first-order valence-corrected chi connectivity index (χ1v) is 6.98. The van der Waals surface area contributed by atoms with E-state index >= 15 is 0 Å². The molecule has 1 aromatic carbocycles. The van der Waals surface area contributed by atoms with Crippen LogP contribution >= 0.6 is 0 Å². The molecule has 20 heavy (non-hydrogen) atoms. The molecule has 4 nitrogen and oxygen atoms in total. The highest BCUT2D eigenvalue weighted by molar-refractivity contribution is 5.89. The molecule has 106 valence electrons. The van der Waals surface area contributed by atoms with Gasteiger partial charge in [-0.25, -0.2) is 4.79 Å². The zero-order chi connectivity index (χ0) is 14.9. The molecule has 1 saturated heterocycles. The minimum absolute atomic E-state index is 0.163. The highest BCUT2D eigenvalue weighted by atomic mass is 16.4. The van der Waals surface area contributed by atoms with Crippen molar-refractivity contribution in [3.05, 3.63) is 29.3 Å². The van der Waals surface area contributed by atoms with Gasteiger partial charge in [0.15, 0.2) is 0 Å². The van der Waals surface area contributed by atoms with Crippen molar-refractivity contribution in [2.24, 2.45) is 11.8 Å². The van der Waals surface area contributed by atoms with Gasteiger partial charge in [-0.05, 0) is 43.4 Å². The lowest BCUT2D eigenvalue weighted by atomic mass is 9.85. The summed E-state index contributed by atoms with van der Waals surface area (Å²) in [5.74, 6) is 0.137. The minimum Gasteiger partial charge on any atom is -0.478 e. The Bertz CT molecular complexity index is 562. The molecule has 1 aliphatic heterocycles. The van der Waals surface area contributed by atoms with Crippen LogP contribution in [0.25, 0.3) is 0 Å². The van der Waals surface area contributed by atoms with Gasteiger partial charge in [-0.2, -0.15) is 5.26 Å². The quantitative estimate of drug-likeness (QED) is 0.898. The fourth-order valence-electron chi connectivity index (χ4n) is 3.04. The number of piperidine rings is 1. The molecular weight excluding hydrogens is 252 g/mol. The SMILES string of the molecule is CC1CC(C)C(C)N(c2ccc(C(=O)O)cc2C#N)C1. The van der Waals surface area contributed by atoms with Crippen molar-refractivity contribution in [3.63, 3.8) is 0 Å². The van der Waals surface area contributed by atoms with E-state index in [4.69, 9.17) is 5.11 Å². The van der Waals surface area contributed by atoms with Crippen molar-refractivity contribution in [2.45, 2.75) is 33.2 Å². The summed E-state index contributed by atoms with van der Waals surface area (Å²) in [6.45, 7) is 7.52. The van der Waals surface area contributed by atoms with Crippen LogP contribution in [0.5, 0.6) is 0 Å². The molecule has 2 rings (SSSR count). The van der Waals surface area contributed by atoms with Crippen LogP contribution in [-0.4, -0.2) is 23.7 Å². The molecule has 3 unspecified atom stereocenters. The van der Waals surface area contributed by atoms with Crippen molar-refractivity contribution in [1.29, 1.82) is 5.26 Å². The van der Waals surface area contributed by atoms with Gasteiger partial charge in [-0.3, -0.25) is 0 Å². The Morgan fingerprint density at radius 3 is 2.70 bits per heavy atom. The molecule has 0 saturated carbocycles. The number of carbonyl (C=O) groups is 1. The Labute approximate surface area is 119 Å². The molecular formula is C16H20N2O2. The molecule has 1 N–H and O–H groups in total. The van der Waals surface area contributed by atoms with Crippen LogP contribution in [0.2, 0.25) is 0 Å². The van der Waals surface area contributed by atoms with Gasteiger partial charge < -0.3 is 10.0 Å². The van der Waals surface area contributed by atoms with E-state index < -0.39 is 5.97 Å². The van der Waals surface area contributed by atoms with Gasteiger partial charge >= 0.3 is 5.97 Å². The number of rotatable bonds is 2. The summed E-state index contributed by atoms with van der Waals surface area (Å²) < 4.78 is 0. The summed E-state index contributed by atoms with van der Waals surface area (Å²) in [5, 5.41) is 18.3. The van der Waals surface area contributed by atoms with Crippen molar-refractivity contribution in [1.82, 2.24) is 0 Å². The van der Waals surface area contributed by atoms with E-state index in [1.807, 2.05) is 0 Å². The maximum Gasteiger partial charge on any atom is 0.335 e. The summed E-state index contributed by atoms with van der Waals surface area (Å²) in [7, 11) is 0. The summed E-state index contributed by atoms with van der Waals surface area (Å²) in [6.07, 6.45) is 1.19. The maximum absolute atomic E-state index is 11.0. The second kappa shape index (κ2) is 5.54. The van der Waals surface area contributed by atoms with E-state index in [-0.39, 0.29) is 5.56 Å². The Hall–Kier alpha value is -2.02. The fraction of sp³-hybridized carbons (Fsp3) is 0.500. The zero-order valence-corrected chi connectivity index (χ0v) is 12.1. The zero-order valence-electron chi connectivity index (χ0n) is 12.1. The molecule has 1 aromatic rings. The number of nitrogens with zero attached hydrogens (tertiary/aromatic N) is 2. The van der Waals surface area contributed by atoms with Crippen LogP contribution < -0.4 is 4.90 Å². The normalized spacial score (nSPS) is 26.1. The standard InChI is InChI=1S/C16H20N2O2/c1-10-6-11(2)12(3)18(9-10)15-5-4-13(16(19)20)7-14(15)8-17/h4-5,7,10-12H,6,9H2,1-3H3,(H,19,20). The Morgan fingerprint density at radius 1 is 1.40 bits per heavy atom. The van der Waals surface area contributed by atoms with Gasteiger partial charge in [-0.1, -0.05) is 13.8 Å². The van der Waals surface area contributed by atoms with Gasteiger partial charge in [-0.15, -0.1) is 0 Å². The summed E-state index contributed by atoms with van der Waals surface area (Å²) in [5.41, 5.74) is 1.46. The molecule has 0 radical (unpaired) electrons. The van der Waals surface area contributed by atoms with Crippen LogP contribution in [0.3, 0.4) is 0 Å². The predicted octanol–water partition coefficient (Wildman–Crippen LogP) is 3.13. The third-order valence-corrected chi connectivity index (χ3v) is 4.27. The molecule has 0 spiro atoms. The lowest BCUT2D eigenvalue weighted by Crippen LogP contribution is -2.46. The van der Waals surface area contributed by atoms with Crippen LogP contribution in [0, 0.1) is 23.2 Å². The average Bonchev–Trinajstić information content (AvgIpc) is 2.42. The summed E-state index contributed by atoms with van der Waals surface area (Å²) >= 11 is 0. The second-order valence-electron chi connectivity index (χ2n) is 5.86. The topological polar surface area (TPSA) is 64.3 Å². The number of hydrogen-bond acceptors (Lipinski definition) is 3. The van der Waals surface area contributed by atoms with E-state index in [0.717, 1.165) is 12.2 Å². The highest BCUT2D eigenvalue weighted by Crippen LogP contribution is 2.33. The number of aromatic carboxylic acids is 1. The molecule has 1 heterocycles. The number of anilines is 1. The molecule has 4 heteroatoms. The van der Waals surface area contributed by atoms with Gasteiger partial charge in [0.1, 0.15) is 6.07 Å². The molecule has 1 aliphatic rings. The summed E-state index contributed by atoms with van der Waals surface area (Å²) in [4.78, 5) is 13.2. The smallest absolute Gasteiger partial charge is 0.335 e. The first-order valence-electron chi connectivity index (χ1n) is 6.98. The Kier molecular flexibility index (Phi) is 3.99. The van der Waals surface area contributed by atoms with Gasteiger partial charge in [0, 0.05) is 12.6 Å². The molecule has 1 fully saturated rings. The largest absolute Gasteiger partial charge is 0.478 e. The Balaban J connectivity index is 2.41. The van der Waals surface area contributed by atoms with E-state index in [2.05, 4.69) is 31.7 Å². The van der Waals surface area contributed by atoms with Crippen molar-refractivity contribution in [2.75, 3.05) is 11.4 Å². The van der Waals surface area contributed by atoms with Gasteiger partial charge in [0.2, 0.25) is 0 Å². The maximum atomic E-state index is 11.0. The van der Waals surface area contributed by atoms with E-state index in [0.29, 0.717) is 23.4 Å². The molecule has 0 aromatic heterocycles. The van der Waals surface area contributed by atoms with Crippen LogP contribution in [0.4, 0.5) is 5.69 Å². The first kappa shape index (κ1) is 14.4. The lowest BCUT2D eigenvalue weighted by molar-refractivity contribution is 0.0697. The van der Waals surface area contributed by atoms with Gasteiger partial charge in [0.25, 0.3) is 0 Å². The minimum atomic E-state index is -0.999. The number of carboxylic acids is 1. The van der Waals surface area contributed by atoms with E-state index in [1.165, 1.54) is 12.5 Å². The lowest BCUT2D eigenvalue weighted by Gasteiger charge is -2.43. The molecule has 0 amide bonds. The first-order chi connectivity index (χ1) is 9.43. The molecule has 0 aliphatic carbocycles. The number of carboxylic acid groups (broad SMARTS) is 1. The van der Waals surface area contributed by atoms with Crippen LogP contribution in [0.15, 0.2) is 18.2 Å². The van der Waals surface area contributed by atoms with Crippen molar-refractivity contribution >= 4 is 11.7 Å². The predicted molar refractivity (Wildman–Crippen MR) is 77.9 cm³/mol. The fourth-order valence-corrected chi connectivity index (χ4v) is 3.04. The Morgan fingerprint density at radius 2 is 2.10 bits per heavy atom. The number of hydrogen-bond donors (Lipinski definition) is 1. The van der Waals surface area contributed by atoms with Crippen molar-refractivity contribution in [3.8, 4) is 6.07 Å².